The standard InChI is InChI=1S/C23H45NO3/c1-3-5-6-7-8-9-10-11-12-13-14-15-16-17-18-19-22(27)24-23(4-2,20-25)21-26/h11-12,25-26H,3-10,13-21H2,1-2H3,(H,24,27)/b12-11-. The Morgan fingerprint density at radius 2 is 1.26 bits per heavy atom. The molecule has 1 amide bonds. The number of allylic oxidation sites excluding steroid dienone is 2. The first-order valence-corrected chi connectivity index (χ1v) is 11.3. The highest BCUT2D eigenvalue weighted by Crippen LogP contribution is 2.12. The van der Waals surface area contributed by atoms with Crippen molar-refractivity contribution < 1.29 is 15.0 Å². The van der Waals surface area contributed by atoms with Gasteiger partial charge in [0.1, 0.15) is 0 Å². The summed E-state index contributed by atoms with van der Waals surface area (Å²) in [6.07, 6.45) is 21.8. The van der Waals surface area contributed by atoms with E-state index in [9.17, 15) is 15.0 Å². The molecule has 4 heteroatoms. The van der Waals surface area contributed by atoms with Crippen LogP contribution in [0.3, 0.4) is 0 Å². The number of carbonyl (C=O) groups is 1. The summed E-state index contributed by atoms with van der Waals surface area (Å²) in [5.41, 5.74) is -0.862. The third-order valence-corrected chi connectivity index (χ3v) is 5.35. The number of rotatable bonds is 19. The lowest BCUT2D eigenvalue weighted by Crippen LogP contribution is -2.53. The van der Waals surface area contributed by atoms with E-state index in [4.69, 9.17) is 0 Å². The minimum Gasteiger partial charge on any atom is -0.394 e. The van der Waals surface area contributed by atoms with Gasteiger partial charge in [0.05, 0.1) is 18.8 Å². The van der Waals surface area contributed by atoms with Gasteiger partial charge in [-0.3, -0.25) is 4.79 Å². The Bertz CT molecular complexity index is 356. The van der Waals surface area contributed by atoms with Crippen molar-refractivity contribution in [3.63, 3.8) is 0 Å². The van der Waals surface area contributed by atoms with Crippen LogP contribution in [0.1, 0.15) is 110 Å². The van der Waals surface area contributed by atoms with Crippen molar-refractivity contribution >= 4 is 5.91 Å². The van der Waals surface area contributed by atoms with Crippen molar-refractivity contribution in [2.45, 2.75) is 116 Å². The minimum absolute atomic E-state index is 0.0717. The summed E-state index contributed by atoms with van der Waals surface area (Å²) in [4.78, 5) is 11.9. The van der Waals surface area contributed by atoms with Crippen LogP contribution in [0, 0.1) is 0 Å². The number of amides is 1. The summed E-state index contributed by atoms with van der Waals surface area (Å²) in [5, 5.41) is 21.5. The minimum atomic E-state index is -0.862. The molecule has 0 fully saturated rings. The first-order chi connectivity index (χ1) is 13.1. The summed E-state index contributed by atoms with van der Waals surface area (Å²) >= 11 is 0. The average Bonchev–Trinajstić information content (AvgIpc) is 2.69. The Morgan fingerprint density at radius 3 is 1.74 bits per heavy atom. The van der Waals surface area contributed by atoms with Crippen molar-refractivity contribution in [3.8, 4) is 0 Å². The SMILES string of the molecule is CCCCCCCC/C=C\CCCCCCCC(=O)NC(CC)(CO)CO. The van der Waals surface area contributed by atoms with Crippen molar-refractivity contribution in [2.75, 3.05) is 13.2 Å². The molecule has 0 saturated carbocycles. The molecule has 27 heavy (non-hydrogen) atoms. The molecule has 0 aliphatic carbocycles. The van der Waals surface area contributed by atoms with Gasteiger partial charge >= 0.3 is 0 Å². The van der Waals surface area contributed by atoms with Gasteiger partial charge in [0.25, 0.3) is 0 Å². The molecule has 0 bridgehead atoms. The van der Waals surface area contributed by atoms with Crippen LogP contribution in [0.15, 0.2) is 12.2 Å². The van der Waals surface area contributed by atoms with Crippen molar-refractivity contribution in [3.05, 3.63) is 12.2 Å². The molecular weight excluding hydrogens is 338 g/mol. The van der Waals surface area contributed by atoms with Gasteiger partial charge in [-0.1, -0.05) is 77.4 Å². The number of hydrogen-bond acceptors (Lipinski definition) is 3. The summed E-state index contributed by atoms with van der Waals surface area (Å²) in [5.74, 6) is -0.0717. The fraction of sp³-hybridized carbons (Fsp3) is 0.870. The quantitative estimate of drug-likeness (QED) is 0.210. The maximum atomic E-state index is 11.9. The molecule has 0 aromatic heterocycles. The van der Waals surface area contributed by atoms with Gasteiger partial charge in [-0.15, -0.1) is 0 Å². The molecule has 0 radical (unpaired) electrons. The second-order valence-electron chi connectivity index (χ2n) is 7.83. The number of aliphatic hydroxyl groups excluding tert-OH is 2. The highest BCUT2D eigenvalue weighted by atomic mass is 16.3. The first-order valence-electron chi connectivity index (χ1n) is 11.3. The highest BCUT2D eigenvalue weighted by molar-refractivity contribution is 5.76. The van der Waals surface area contributed by atoms with E-state index < -0.39 is 5.54 Å². The smallest absolute Gasteiger partial charge is 0.220 e. The number of aliphatic hydroxyl groups is 2. The van der Waals surface area contributed by atoms with Gasteiger partial charge in [0.2, 0.25) is 5.91 Å². The van der Waals surface area contributed by atoms with E-state index in [-0.39, 0.29) is 19.1 Å². The molecule has 0 saturated heterocycles. The van der Waals surface area contributed by atoms with E-state index in [0.29, 0.717) is 12.8 Å². The molecule has 0 unspecified atom stereocenters. The molecule has 0 aliphatic rings. The van der Waals surface area contributed by atoms with Crippen LogP contribution >= 0.6 is 0 Å². The van der Waals surface area contributed by atoms with E-state index in [0.717, 1.165) is 19.3 Å². The third kappa shape index (κ3) is 14.8. The zero-order valence-electron chi connectivity index (χ0n) is 18.0. The third-order valence-electron chi connectivity index (χ3n) is 5.35. The Kier molecular flexibility index (Phi) is 17.9. The normalized spacial score (nSPS) is 12.0. The molecule has 3 N–H and O–H groups in total. The summed E-state index contributed by atoms with van der Waals surface area (Å²) in [6.45, 7) is 3.67. The Labute approximate surface area is 167 Å². The summed E-state index contributed by atoms with van der Waals surface area (Å²) < 4.78 is 0. The number of hydrogen-bond donors (Lipinski definition) is 3. The van der Waals surface area contributed by atoms with Crippen LogP contribution in [-0.4, -0.2) is 34.9 Å². The number of unbranched alkanes of at least 4 members (excludes halogenated alkanes) is 11. The zero-order valence-corrected chi connectivity index (χ0v) is 18.0. The largest absolute Gasteiger partial charge is 0.394 e. The van der Waals surface area contributed by atoms with Crippen LogP contribution in [0.2, 0.25) is 0 Å². The molecule has 0 rings (SSSR count). The van der Waals surface area contributed by atoms with Gasteiger partial charge in [-0.2, -0.15) is 0 Å². The van der Waals surface area contributed by atoms with Gasteiger partial charge in [0.15, 0.2) is 0 Å². The predicted molar refractivity (Wildman–Crippen MR) is 115 cm³/mol. The van der Waals surface area contributed by atoms with Crippen molar-refractivity contribution in [2.24, 2.45) is 0 Å². The van der Waals surface area contributed by atoms with Crippen molar-refractivity contribution in [1.29, 1.82) is 0 Å². The Morgan fingerprint density at radius 1 is 0.778 bits per heavy atom. The maximum Gasteiger partial charge on any atom is 0.220 e. The number of carbonyl (C=O) groups excluding carboxylic acids is 1. The van der Waals surface area contributed by atoms with Crippen molar-refractivity contribution in [1.82, 2.24) is 5.32 Å². The molecule has 0 aliphatic heterocycles. The van der Waals surface area contributed by atoms with E-state index in [1.807, 2.05) is 6.92 Å². The van der Waals surface area contributed by atoms with E-state index in [1.165, 1.54) is 64.2 Å². The van der Waals surface area contributed by atoms with Crippen LogP contribution in [0.5, 0.6) is 0 Å². The average molecular weight is 384 g/mol. The second-order valence-corrected chi connectivity index (χ2v) is 7.83. The predicted octanol–water partition coefficient (Wildman–Crippen LogP) is 5.27. The summed E-state index contributed by atoms with van der Waals surface area (Å²) in [7, 11) is 0. The fourth-order valence-corrected chi connectivity index (χ4v) is 3.16. The maximum absolute atomic E-state index is 11.9. The Balaban J connectivity index is 3.46. The Hall–Kier alpha value is -0.870. The van der Waals surface area contributed by atoms with Gasteiger partial charge in [0, 0.05) is 6.42 Å². The molecule has 0 aromatic rings. The van der Waals surface area contributed by atoms with Crippen LogP contribution < -0.4 is 5.32 Å². The molecule has 0 heterocycles. The van der Waals surface area contributed by atoms with Gasteiger partial charge in [-0.05, 0) is 38.5 Å². The van der Waals surface area contributed by atoms with Gasteiger partial charge in [-0.25, -0.2) is 0 Å². The summed E-state index contributed by atoms with van der Waals surface area (Å²) in [6, 6.07) is 0. The molecule has 160 valence electrons. The zero-order chi connectivity index (χ0) is 20.2. The number of nitrogens with one attached hydrogen (secondary N) is 1. The lowest BCUT2D eigenvalue weighted by Gasteiger charge is -2.29. The first kappa shape index (κ1) is 26.1. The monoisotopic (exact) mass is 383 g/mol. The molecular formula is C23H45NO3. The molecule has 4 nitrogen and oxygen atoms in total. The van der Waals surface area contributed by atoms with E-state index in [1.54, 1.807) is 0 Å². The fourth-order valence-electron chi connectivity index (χ4n) is 3.16. The second kappa shape index (κ2) is 18.5. The molecule has 0 aromatic carbocycles. The lowest BCUT2D eigenvalue weighted by molar-refractivity contribution is -0.124. The topological polar surface area (TPSA) is 69.6 Å². The van der Waals surface area contributed by atoms with E-state index in [2.05, 4.69) is 24.4 Å². The highest BCUT2D eigenvalue weighted by Gasteiger charge is 2.27. The molecule has 0 atom stereocenters. The van der Waals surface area contributed by atoms with Crippen LogP contribution in [-0.2, 0) is 4.79 Å². The van der Waals surface area contributed by atoms with Crippen LogP contribution in [0.4, 0.5) is 0 Å². The van der Waals surface area contributed by atoms with Crippen LogP contribution in [0.25, 0.3) is 0 Å². The van der Waals surface area contributed by atoms with Gasteiger partial charge < -0.3 is 15.5 Å². The molecule has 0 spiro atoms. The lowest BCUT2D eigenvalue weighted by atomic mass is 9.98. The van der Waals surface area contributed by atoms with E-state index >= 15 is 0 Å².